The number of primary amides is 1. The summed E-state index contributed by atoms with van der Waals surface area (Å²) in [7, 11) is 3.73. The molecule has 1 fully saturated rings. The van der Waals surface area contributed by atoms with E-state index in [-0.39, 0.29) is 18.4 Å². The van der Waals surface area contributed by atoms with Gasteiger partial charge in [0.05, 0.1) is 11.5 Å². The highest BCUT2D eigenvalue weighted by Gasteiger charge is 2.29. The molecule has 0 radical (unpaired) electrons. The topological polar surface area (TPSA) is 98.9 Å². The average Bonchev–Trinajstić information content (AvgIpc) is 2.34. The third-order valence-corrected chi connectivity index (χ3v) is 3.40. The molecule has 1 rings (SSSR count). The Balaban J connectivity index is 2.44. The van der Waals surface area contributed by atoms with Crippen LogP contribution in [0.25, 0.3) is 0 Å². The van der Waals surface area contributed by atoms with Gasteiger partial charge in [-0.1, -0.05) is 0 Å². The van der Waals surface area contributed by atoms with E-state index in [2.05, 4.69) is 5.32 Å². The fourth-order valence-electron chi connectivity index (χ4n) is 2.55. The molecule has 1 heterocycles. The van der Waals surface area contributed by atoms with Crippen molar-refractivity contribution < 1.29 is 14.7 Å². The summed E-state index contributed by atoms with van der Waals surface area (Å²) in [6, 6.07) is -0.484. The minimum absolute atomic E-state index is 0.130. The van der Waals surface area contributed by atoms with Crippen molar-refractivity contribution >= 4 is 11.9 Å². The Morgan fingerprint density at radius 2 is 2.15 bits per heavy atom. The largest absolute Gasteiger partial charge is 0.387 e. The number of likely N-dealkylation sites (tertiary alicyclic amines) is 1. The molecule has 7 nitrogen and oxygen atoms in total. The quantitative estimate of drug-likeness (QED) is 0.616. The third kappa shape index (κ3) is 5.34. The zero-order valence-corrected chi connectivity index (χ0v) is 12.6. The summed E-state index contributed by atoms with van der Waals surface area (Å²) >= 11 is 0. The van der Waals surface area contributed by atoms with Gasteiger partial charge in [0.25, 0.3) is 0 Å². The van der Waals surface area contributed by atoms with E-state index in [0.717, 1.165) is 12.8 Å². The van der Waals surface area contributed by atoms with E-state index < -0.39 is 11.6 Å². The molecule has 0 aromatic carbocycles. The number of carbonyl (C=O) groups excluding carboxylic acids is 2. The summed E-state index contributed by atoms with van der Waals surface area (Å²) in [6.07, 6.45) is 1.51. The molecule has 3 amide bonds. The number of hydrogen-bond acceptors (Lipinski definition) is 4. The van der Waals surface area contributed by atoms with Gasteiger partial charge in [-0.05, 0) is 33.9 Å². The van der Waals surface area contributed by atoms with Gasteiger partial charge in [0.2, 0.25) is 5.91 Å². The minimum atomic E-state index is -0.975. The lowest BCUT2D eigenvalue weighted by Gasteiger charge is -2.32. The maximum atomic E-state index is 12.1. The number of hydrogen-bond donors (Lipinski definition) is 3. The Morgan fingerprint density at radius 1 is 1.50 bits per heavy atom. The van der Waals surface area contributed by atoms with Crippen molar-refractivity contribution in [1.82, 2.24) is 15.1 Å². The average molecular weight is 286 g/mol. The van der Waals surface area contributed by atoms with Gasteiger partial charge in [-0.25, -0.2) is 4.79 Å². The van der Waals surface area contributed by atoms with Crippen molar-refractivity contribution in [2.24, 2.45) is 11.7 Å². The highest BCUT2D eigenvalue weighted by molar-refractivity contribution is 5.80. The maximum absolute atomic E-state index is 12.1. The van der Waals surface area contributed by atoms with Gasteiger partial charge in [0.15, 0.2) is 0 Å². The van der Waals surface area contributed by atoms with E-state index in [1.807, 2.05) is 19.0 Å². The molecule has 0 aliphatic carbocycles. The van der Waals surface area contributed by atoms with Gasteiger partial charge in [-0.15, -0.1) is 0 Å². The van der Waals surface area contributed by atoms with Crippen LogP contribution in [0.3, 0.4) is 0 Å². The summed E-state index contributed by atoms with van der Waals surface area (Å²) in [5.41, 5.74) is 4.26. The smallest absolute Gasteiger partial charge is 0.314 e. The van der Waals surface area contributed by atoms with Crippen LogP contribution < -0.4 is 11.1 Å². The molecule has 20 heavy (non-hydrogen) atoms. The Morgan fingerprint density at radius 3 is 2.70 bits per heavy atom. The molecule has 2 atom stereocenters. The first-order valence-corrected chi connectivity index (χ1v) is 6.90. The monoisotopic (exact) mass is 286 g/mol. The van der Waals surface area contributed by atoms with Crippen molar-refractivity contribution in [3.05, 3.63) is 0 Å². The minimum Gasteiger partial charge on any atom is -0.387 e. The molecule has 0 saturated carbocycles. The molecule has 116 valence electrons. The molecule has 0 aromatic rings. The standard InChI is InChI=1S/C13H26N4O3/c1-13(20,9-16(2)3)8-15-11(18)10-5-4-6-17(7-10)12(14)19/h10,20H,4-9H2,1-3H3,(H2,14,19)(H,15,18). The molecule has 1 aliphatic rings. The SMILES string of the molecule is CN(C)CC(C)(O)CNC(=O)C1CCCN(C(N)=O)C1. The predicted octanol–water partition coefficient (Wildman–Crippen LogP) is -0.794. The molecule has 0 bridgehead atoms. The van der Waals surface area contributed by atoms with Crippen LogP contribution in [0.15, 0.2) is 0 Å². The number of carbonyl (C=O) groups is 2. The zero-order valence-electron chi connectivity index (χ0n) is 12.6. The zero-order chi connectivity index (χ0) is 15.3. The first kappa shape index (κ1) is 16.7. The van der Waals surface area contributed by atoms with Crippen LogP contribution in [0, 0.1) is 5.92 Å². The first-order valence-electron chi connectivity index (χ1n) is 6.90. The van der Waals surface area contributed by atoms with E-state index in [0.29, 0.717) is 19.6 Å². The van der Waals surface area contributed by atoms with Crippen LogP contribution in [0.5, 0.6) is 0 Å². The van der Waals surface area contributed by atoms with Gasteiger partial charge in [0, 0.05) is 26.2 Å². The van der Waals surface area contributed by atoms with Crippen molar-refractivity contribution in [3.8, 4) is 0 Å². The first-order chi connectivity index (χ1) is 9.21. The highest BCUT2D eigenvalue weighted by Crippen LogP contribution is 2.16. The van der Waals surface area contributed by atoms with Gasteiger partial charge in [-0.2, -0.15) is 0 Å². The number of nitrogens with zero attached hydrogens (tertiary/aromatic N) is 2. The summed E-state index contributed by atoms with van der Waals surface area (Å²) in [5, 5.41) is 12.9. The number of nitrogens with one attached hydrogen (secondary N) is 1. The van der Waals surface area contributed by atoms with E-state index in [4.69, 9.17) is 5.73 Å². The normalized spacial score (nSPS) is 22.4. The van der Waals surface area contributed by atoms with Gasteiger partial charge in [-0.3, -0.25) is 4.79 Å². The van der Waals surface area contributed by atoms with Gasteiger partial charge < -0.3 is 26.0 Å². The summed E-state index contributed by atoms with van der Waals surface area (Å²) < 4.78 is 0. The number of nitrogens with two attached hydrogens (primary N) is 1. The number of likely N-dealkylation sites (N-methyl/N-ethyl adjacent to an activating group) is 1. The maximum Gasteiger partial charge on any atom is 0.314 e. The third-order valence-electron chi connectivity index (χ3n) is 3.40. The van der Waals surface area contributed by atoms with Crippen LogP contribution in [-0.4, -0.2) is 72.7 Å². The van der Waals surface area contributed by atoms with Crippen molar-refractivity contribution in [1.29, 1.82) is 0 Å². The second-order valence-electron chi connectivity index (χ2n) is 6.08. The van der Waals surface area contributed by atoms with Crippen molar-refractivity contribution in [2.45, 2.75) is 25.4 Å². The molecular weight excluding hydrogens is 260 g/mol. The lowest BCUT2D eigenvalue weighted by Crippen LogP contribution is -2.51. The molecule has 0 spiro atoms. The number of aliphatic hydroxyl groups is 1. The number of piperidine rings is 1. The summed E-state index contributed by atoms with van der Waals surface area (Å²) in [5.74, 6) is -0.374. The lowest BCUT2D eigenvalue weighted by atomic mass is 9.97. The fourth-order valence-corrected chi connectivity index (χ4v) is 2.55. The van der Waals surface area contributed by atoms with E-state index in [9.17, 15) is 14.7 Å². The summed E-state index contributed by atoms with van der Waals surface area (Å²) in [4.78, 5) is 26.6. The van der Waals surface area contributed by atoms with Gasteiger partial charge >= 0.3 is 6.03 Å². The Bertz CT molecular complexity index is 358. The molecule has 1 aliphatic heterocycles. The fraction of sp³-hybridized carbons (Fsp3) is 0.846. The van der Waals surface area contributed by atoms with E-state index in [1.165, 1.54) is 4.90 Å². The molecule has 0 aromatic heterocycles. The number of urea groups is 1. The Labute approximate surface area is 120 Å². The van der Waals surface area contributed by atoms with Crippen LogP contribution >= 0.6 is 0 Å². The molecule has 2 unspecified atom stereocenters. The second kappa shape index (κ2) is 6.90. The van der Waals surface area contributed by atoms with Crippen LogP contribution in [0.4, 0.5) is 4.79 Å². The predicted molar refractivity (Wildman–Crippen MR) is 76.1 cm³/mol. The highest BCUT2D eigenvalue weighted by atomic mass is 16.3. The number of amides is 3. The molecular formula is C13H26N4O3. The van der Waals surface area contributed by atoms with E-state index in [1.54, 1.807) is 6.92 Å². The van der Waals surface area contributed by atoms with Crippen LogP contribution in [-0.2, 0) is 4.79 Å². The molecule has 7 heteroatoms. The lowest BCUT2D eigenvalue weighted by molar-refractivity contribution is -0.127. The van der Waals surface area contributed by atoms with Crippen molar-refractivity contribution in [3.63, 3.8) is 0 Å². The molecule has 4 N–H and O–H groups in total. The molecule has 1 saturated heterocycles. The van der Waals surface area contributed by atoms with Crippen molar-refractivity contribution in [2.75, 3.05) is 40.3 Å². The van der Waals surface area contributed by atoms with Crippen LogP contribution in [0.2, 0.25) is 0 Å². The summed E-state index contributed by atoms with van der Waals surface area (Å²) in [6.45, 7) is 3.31. The van der Waals surface area contributed by atoms with Gasteiger partial charge in [0.1, 0.15) is 0 Å². The van der Waals surface area contributed by atoms with E-state index >= 15 is 0 Å². The second-order valence-corrected chi connectivity index (χ2v) is 6.08. The Kier molecular flexibility index (Phi) is 5.76. The Hall–Kier alpha value is -1.34. The van der Waals surface area contributed by atoms with Crippen LogP contribution in [0.1, 0.15) is 19.8 Å². The number of rotatable bonds is 5.